The van der Waals surface area contributed by atoms with E-state index in [0.29, 0.717) is 12.2 Å². The molecule has 1 atom stereocenters. The van der Waals surface area contributed by atoms with Gasteiger partial charge in [-0.25, -0.2) is 0 Å². The molecule has 0 amide bonds. The SMILES string of the molecule is NNc1cc(CN2CCCCCC2CO)ccc1[N+](=O)[O-]. The third kappa shape index (κ3) is 3.90. The zero-order valence-electron chi connectivity index (χ0n) is 12.0. The Bertz CT molecular complexity index is 495. The summed E-state index contributed by atoms with van der Waals surface area (Å²) >= 11 is 0. The lowest BCUT2D eigenvalue weighted by Gasteiger charge is -2.28. The zero-order valence-corrected chi connectivity index (χ0v) is 12.0. The molecule has 0 spiro atoms. The van der Waals surface area contributed by atoms with Gasteiger partial charge in [0.1, 0.15) is 5.69 Å². The minimum atomic E-state index is -0.457. The molecule has 1 aromatic carbocycles. The number of benzene rings is 1. The van der Waals surface area contributed by atoms with Crippen LogP contribution in [0.25, 0.3) is 0 Å². The maximum atomic E-state index is 10.9. The van der Waals surface area contributed by atoms with Crippen LogP contribution in [-0.2, 0) is 6.54 Å². The van der Waals surface area contributed by atoms with Gasteiger partial charge in [0, 0.05) is 18.7 Å². The summed E-state index contributed by atoms with van der Waals surface area (Å²) < 4.78 is 0. The van der Waals surface area contributed by atoms with Crippen LogP contribution in [0.2, 0.25) is 0 Å². The number of nitrogens with one attached hydrogen (secondary N) is 1. The van der Waals surface area contributed by atoms with Crippen LogP contribution >= 0.6 is 0 Å². The zero-order chi connectivity index (χ0) is 15.2. The molecular formula is C14H22N4O3. The first kappa shape index (κ1) is 15.7. The molecule has 0 aliphatic carbocycles. The van der Waals surface area contributed by atoms with Gasteiger partial charge in [-0.1, -0.05) is 18.9 Å². The standard InChI is InChI=1S/C14H22N4O3/c15-16-13-8-11(5-6-14(13)18(20)21)9-17-7-3-1-2-4-12(17)10-19/h5-6,8,12,16,19H,1-4,7,9-10,15H2. The van der Waals surface area contributed by atoms with Crippen molar-refractivity contribution in [3.63, 3.8) is 0 Å². The Labute approximate surface area is 123 Å². The highest BCUT2D eigenvalue weighted by molar-refractivity contribution is 5.62. The fourth-order valence-electron chi connectivity index (χ4n) is 2.84. The number of nitro groups is 1. The molecule has 1 fully saturated rings. The summed E-state index contributed by atoms with van der Waals surface area (Å²) in [5.74, 6) is 5.36. The molecule has 1 saturated heterocycles. The molecule has 1 heterocycles. The Kier molecular flexibility index (Phi) is 5.49. The highest BCUT2D eigenvalue weighted by Crippen LogP contribution is 2.26. The summed E-state index contributed by atoms with van der Waals surface area (Å²) in [4.78, 5) is 12.7. The van der Waals surface area contributed by atoms with Crippen LogP contribution in [0.15, 0.2) is 18.2 Å². The summed E-state index contributed by atoms with van der Waals surface area (Å²) in [5, 5.41) is 20.4. The smallest absolute Gasteiger partial charge is 0.293 e. The summed E-state index contributed by atoms with van der Waals surface area (Å²) in [5.41, 5.74) is 3.62. The Balaban J connectivity index is 2.16. The summed E-state index contributed by atoms with van der Waals surface area (Å²) in [6.45, 7) is 1.75. The van der Waals surface area contributed by atoms with Gasteiger partial charge in [-0.05, 0) is 31.0 Å². The van der Waals surface area contributed by atoms with Crippen molar-refractivity contribution in [3.05, 3.63) is 33.9 Å². The molecule has 4 N–H and O–H groups in total. The van der Waals surface area contributed by atoms with Crippen molar-refractivity contribution in [1.82, 2.24) is 4.90 Å². The van der Waals surface area contributed by atoms with E-state index in [1.165, 1.54) is 12.5 Å². The number of hydrogen-bond acceptors (Lipinski definition) is 6. The average molecular weight is 294 g/mol. The normalized spacial score (nSPS) is 20.0. The Morgan fingerprint density at radius 2 is 2.24 bits per heavy atom. The second-order valence-electron chi connectivity index (χ2n) is 5.41. The lowest BCUT2D eigenvalue weighted by Crippen LogP contribution is -2.36. The third-order valence-corrected chi connectivity index (χ3v) is 4.01. The number of nitro benzene ring substituents is 1. The first-order valence-electron chi connectivity index (χ1n) is 7.24. The second kappa shape index (κ2) is 7.35. The van der Waals surface area contributed by atoms with Crippen molar-refractivity contribution < 1.29 is 10.0 Å². The van der Waals surface area contributed by atoms with Gasteiger partial charge in [0.25, 0.3) is 5.69 Å². The number of nitrogen functional groups attached to an aromatic ring is 1. The van der Waals surface area contributed by atoms with Crippen LogP contribution in [0.1, 0.15) is 31.2 Å². The van der Waals surface area contributed by atoms with E-state index in [-0.39, 0.29) is 18.3 Å². The molecule has 7 nitrogen and oxygen atoms in total. The van der Waals surface area contributed by atoms with E-state index in [0.717, 1.165) is 31.4 Å². The van der Waals surface area contributed by atoms with E-state index < -0.39 is 4.92 Å². The highest BCUT2D eigenvalue weighted by atomic mass is 16.6. The maximum Gasteiger partial charge on any atom is 0.293 e. The number of aliphatic hydroxyl groups is 1. The van der Waals surface area contributed by atoms with E-state index in [1.807, 2.05) is 0 Å². The molecule has 1 aliphatic heterocycles. The van der Waals surface area contributed by atoms with Crippen molar-refractivity contribution in [3.8, 4) is 0 Å². The number of hydrogen-bond donors (Lipinski definition) is 3. The number of aliphatic hydroxyl groups excluding tert-OH is 1. The largest absolute Gasteiger partial charge is 0.395 e. The van der Waals surface area contributed by atoms with E-state index in [1.54, 1.807) is 12.1 Å². The Hall–Kier alpha value is -1.70. The average Bonchev–Trinajstić information content (AvgIpc) is 2.71. The first-order chi connectivity index (χ1) is 10.2. The van der Waals surface area contributed by atoms with Crippen LogP contribution < -0.4 is 11.3 Å². The molecule has 1 unspecified atom stereocenters. The minimum Gasteiger partial charge on any atom is -0.395 e. The summed E-state index contributed by atoms with van der Waals surface area (Å²) in [6.07, 6.45) is 4.43. The number of likely N-dealkylation sites (tertiary alicyclic amines) is 1. The highest BCUT2D eigenvalue weighted by Gasteiger charge is 2.21. The Morgan fingerprint density at radius 1 is 1.43 bits per heavy atom. The molecule has 0 bridgehead atoms. The summed E-state index contributed by atoms with van der Waals surface area (Å²) in [6, 6.07) is 5.09. The maximum absolute atomic E-state index is 10.9. The number of rotatable bonds is 5. The van der Waals surface area contributed by atoms with Crippen molar-refractivity contribution in [2.75, 3.05) is 18.6 Å². The first-order valence-corrected chi connectivity index (χ1v) is 7.24. The molecular weight excluding hydrogens is 272 g/mol. The monoisotopic (exact) mass is 294 g/mol. The number of nitrogens with two attached hydrogens (primary N) is 1. The molecule has 21 heavy (non-hydrogen) atoms. The molecule has 116 valence electrons. The van der Waals surface area contributed by atoms with Gasteiger partial charge >= 0.3 is 0 Å². The predicted octanol–water partition coefficient (Wildman–Crippen LogP) is 1.62. The number of anilines is 1. The number of nitrogens with zero attached hydrogens (tertiary/aromatic N) is 2. The van der Waals surface area contributed by atoms with Crippen molar-refractivity contribution >= 4 is 11.4 Å². The van der Waals surface area contributed by atoms with Crippen molar-refractivity contribution in [2.45, 2.75) is 38.3 Å². The van der Waals surface area contributed by atoms with Gasteiger partial charge < -0.3 is 10.5 Å². The van der Waals surface area contributed by atoms with Gasteiger partial charge in [-0.15, -0.1) is 0 Å². The third-order valence-electron chi connectivity index (χ3n) is 4.01. The molecule has 1 aliphatic rings. The van der Waals surface area contributed by atoms with E-state index in [9.17, 15) is 15.2 Å². The number of hydrazine groups is 1. The molecule has 1 aromatic rings. The van der Waals surface area contributed by atoms with E-state index >= 15 is 0 Å². The molecule has 0 saturated carbocycles. The quantitative estimate of drug-likeness (QED) is 0.433. The topological polar surface area (TPSA) is 105 Å². The lowest BCUT2D eigenvalue weighted by atomic mass is 10.1. The Morgan fingerprint density at radius 3 is 2.90 bits per heavy atom. The van der Waals surface area contributed by atoms with Gasteiger partial charge in [0.15, 0.2) is 0 Å². The molecule has 7 heteroatoms. The van der Waals surface area contributed by atoms with Crippen LogP contribution in [0.5, 0.6) is 0 Å². The van der Waals surface area contributed by atoms with Gasteiger partial charge in [0.05, 0.1) is 11.5 Å². The van der Waals surface area contributed by atoms with Crippen LogP contribution in [0, 0.1) is 10.1 Å². The molecule has 0 aromatic heterocycles. The fraction of sp³-hybridized carbons (Fsp3) is 0.571. The van der Waals surface area contributed by atoms with E-state index in [2.05, 4.69) is 10.3 Å². The second-order valence-corrected chi connectivity index (χ2v) is 5.41. The van der Waals surface area contributed by atoms with Gasteiger partial charge in [0.2, 0.25) is 0 Å². The van der Waals surface area contributed by atoms with Crippen LogP contribution in [0.4, 0.5) is 11.4 Å². The van der Waals surface area contributed by atoms with Gasteiger partial charge in [-0.3, -0.25) is 20.9 Å². The fourth-order valence-corrected chi connectivity index (χ4v) is 2.84. The minimum absolute atomic E-state index is 0.0316. The lowest BCUT2D eigenvalue weighted by molar-refractivity contribution is -0.384. The molecule has 2 rings (SSSR count). The van der Waals surface area contributed by atoms with Crippen LogP contribution in [0.3, 0.4) is 0 Å². The predicted molar refractivity (Wildman–Crippen MR) is 80.7 cm³/mol. The van der Waals surface area contributed by atoms with Gasteiger partial charge in [-0.2, -0.15) is 0 Å². The molecule has 0 radical (unpaired) electrons. The summed E-state index contributed by atoms with van der Waals surface area (Å²) in [7, 11) is 0. The van der Waals surface area contributed by atoms with Crippen LogP contribution in [-0.4, -0.2) is 34.1 Å². The van der Waals surface area contributed by atoms with Crippen molar-refractivity contribution in [2.24, 2.45) is 5.84 Å². The van der Waals surface area contributed by atoms with Crippen molar-refractivity contribution in [1.29, 1.82) is 0 Å². The van der Waals surface area contributed by atoms with E-state index in [4.69, 9.17) is 5.84 Å².